The summed E-state index contributed by atoms with van der Waals surface area (Å²) in [5, 5.41) is 5.73. The molecule has 5 fully saturated rings. The molecule has 8 heteroatoms. The molecule has 7 rings (SSSR count). The zero-order chi connectivity index (χ0) is 24.1. The van der Waals surface area contributed by atoms with Crippen LogP contribution in [0.5, 0.6) is 0 Å². The van der Waals surface area contributed by atoms with Crippen molar-refractivity contribution in [3.8, 4) is 0 Å². The van der Waals surface area contributed by atoms with Gasteiger partial charge in [0.15, 0.2) is 0 Å². The van der Waals surface area contributed by atoms with E-state index < -0.39 is 18.0 Å². The smallest absolute Gasteiger partial charge is 0.255 e. The number of nitrogens with one attached hydrogen (secondary N) is 2. The van der Waals surface area contributed by atoms with Crippen LogP contribution < -0.4 is 16.4 Å². The van der Waals surface area contributed by atoms with Crippen molar-refractivity contribution in [2.45, 2.75) is 82.0 Å². The molecule has 4 aliphatic carbocycles. The van der Waals surface area contributed by atoms with Crippen molar-refractivity contribution in [3.05, 3.63) is 34.9 Å². The van der Waals surface area contributed by atoms with E-state index in [0.29, 0.717) is 30.4 Å². The molecule has 1 saturated heterocycles. The maximum Gasteiger partial charge on any atom is 0.255 e. The lowest BCUT2D eigenvalue weighted by atomic mass is 9.15. The molecule has 4 saturated carbocycles. The predicted octanol–water partition coefficient (Wildman–Crippen LogP) is 1.40. The highest BCUT2D eigenvalue weighted by molar-refractivity contribution is 6.05. The van der Waals surface area contributed by atoms with Crippen molar-refractivity contribution >= 4 is 23.6 Å². The molecular formula is C27H32N4O4. The summed E-state index contributed by atoms with van der Waals surface area (Å²) < 4.78 is 0. The summed E-state index contributed by atoms with van der Waals surface area (Å²) in [5.74, 6) is 1.69. The molecule has 184 valence electrons. The lowest BCUT2D eigenvalue weighted by Crippen LogP contribution is -2.93. The number of hydrogen-bond acceptors (Lipinski definition) is 5. The summed E-state index contributed by atoms with van der Waals surface area (Å²) in [6.07, 6.45) is 7.70. The van der Waals surface area contributed by atoms with Crippen LogP contribution in [0.15, 0.2) is 18.2 Å². The van der Waals surface area contributed by atoms with Gasteiger partial charge in [0.05, 0.1) is 6.04 Å². The third kappa shape index (κ3) is 2.66. The molecule has 4 atom stereocenters. The van der Waals surface area contributed by atoms with Crippen molar-refractivity contribution in [2.75, 3.05) is 0 Å². The summed E-state index contributed by atoms with van der Waals surface area (Å²) >= 11 is 0. The van der Waals surface area contributed by atoms with Gasteiger partial charge in [0.2, 0.25) is 17.7 Å². The summed E-state index contributed by atoms with van der Waals surface area (Å²) in [6.45, 7) is 0.372. The summed E-state index contributed by atoms with van der Waals surface area (Å²) in [5.41, 5.74) is 9.45. The SMILES string of the molecule is N[C@@H](CCCc1cccc2c1CN(C1CCC(=O)NC1=O)C2=O)C(=O)NC12CC3CC4CC(C1)C432. The maximum atomic E-state index is 13.0. The molecule has 1 aromatic carbocycles. The molecule has 8 nitrogen and oxygen atoms in total. The zero-order valence-corrected chi connectivity index (χ0v) is 19.8. The van der Waals surface area contributed by atoms with Gasteiger partial charge in [-0.3, -0.25) is 24.5 Å². The summed E-state index contributed by atoms with van der Waals surface area (Å²) in [7, 11) is 0. The Bertz CT molecular complexity index is 1150. The van der Waals surface area contributed by atoms with Crippen molar-refractivity contribution in [1.82, 2.24) is 15.5 Å². The number of carbonyl (C=O) groups is 4. The molecule has 35 heavy (non-hydrogen) atoms. The van der Waals surface area contributed by atoms with Gasteiger partial charge in [0.25, 0.3) is 5.91 Å². The van der Waals surface area contributed by atoms with Crippen molar-refractivity contribution in [1.29, 1.82) is 0 Å². The molecule has 2 heterocycles. The normalized spacial score (nSPS) is 38.5. The second kappa shape index (κ2) is 7.15. The number of hydrogen-bond donors (Lipinski definition) is 3. The molecule has 4 amide bonds. The first-order valence-corrected chi connectivity index (χ1v) is 13.2. The number of benzene rings is 1. The van der Waals surface area contributed by atoms with E-state index in [4.69, 9.17) is 5.73 Å². The highest BCUT2D eigenvalue weighted by Crippen LogP contribution is 2.89. The average molecular weight is 477 g/mol. The van der Waals surface area contributed by atoms with E-state index in [9.17, 15) is 19.2 Å². The second-order valence-electron chi connectivity index (χ2n) is 11.8. The number of aryl methyl sites for hydroxylation is 1. The average Bonchev–Trinajstić information content (AvgIpc) is 3.11. The van der Waals surface area contributed by atoms with Gasteiger partial charge in [-0.2, -0.15) is 0 Å². The summed E-state index contributed by atoms with van der Waals surface area (Å²) in [6, 6.07) is 4.56. The Morgan fingerprint density at radius 1 is 1.17 bits per heavy atom. The van der Waals surface area contributed by atoms with Gasteiger partial charge in [-0.25, -0.2) is 0 Å². The minimum atomic E-state index is -0.612. The van der Waals surface area contributed by atoms with Gasteiger partial charge in [0, 0.05) is 29.5 Å². The molecule has 0 aromatic heterocycles. The van der Waals surface area contributed by atoms with Gasteiger partial charge in [-0.15, -0.1) is 0 Å². The fourth-order valence-corrected chi connectivity index (χ4v) is 9.00. The molecule has 1 spiro atoms. The van der Waals surface area contributed by atoms with Crippen molar-refractivity contribution in [3.63, 3.8) is 0 Å². The van der Waals surface area contributed by atoms with Crippen LogP contribution in [0.4, 0.5) is 0 Å². The molecular weight excluding hydrogens is 444 g/mol. The Hall–Kier alpha value is -2.74. The molecule has 2 aliphatic heterocycles. The molecule has 0 radical (unpaired) electrons. The number of piperidine rings is 1. The van der Waals surface area contributed by atoms with Crippen LogP contribution in [-0.2, 0) is 27.3 Å². The van der Waals surface area contributed by atoms with Crippen LogP contribution in [0.3, 0.4) is 0 Å². The van der Waals surface area contributed by atoms with Crippen LogP contribution in [0.1, 0.15) is 72.9 Å². The van der Waals surface area contributed by atoms with Crippen molar-refractivity contribution < 1.29 is 19.2 Å². The zero-order valence-electron chi connectivity index (χ0n) is 19.8. The highest BCUT2D eigenvalue weighted by atomic mass is 16.2. The number of imide groups is 1. The molecule has 1 aromatic rings. The number of nitrogens with zero attached hydrogens (tertiary/aromatic N) is 1. The molecule has 0 bridgehead atoms. The number of amides is 4. The third-order valence-electron chi connectivity index (χ3n) is 10.5. The van der Waals surface area contributed by atoms with Crippen LogP contribution in [0, 0.1) is 23.2 Å². The number of rotatable bonds is 7. The van der Waals surface area contributed by atoms with E-state index in [2.05, 4.69) is 10.6 Å². The number of fused-ring (bicyclic) bond motifs is 1. The summed E-state index contributed by atoms with van der Waals surface area (Å²) in [4.78, 5) is 51.3. The van der Waals surface area contributed by atoms with E-state index in [1.807, 2.05) is 12.1 Å². The largest absolute Gasteiger partial charge is 0.349 e. The Morgan fingerprint density at radius 3 is 2.63 bits per heavy atom. The highest BCUT2D eigenvalue weighted by Gasteiger charge is 2.88. The van der Waals surface area contributed by atoms with Gasteiger partial charge < -0.3 is 16.0 Å². The first-order valence-electron chi connectivity index (χ1n) is 13.2. The Balaban J connectivity index is 0.960. The molecule has 3 unspecified atom stereocenters. The Labute approximate surface area is 204 Å². The molecule has 4 N–H and O–H groups in total. The van der Waals surface area contributed by atoms with Gasteiger partial charge in [0.1, 0.15) is 6.04 Å². The number of nitrogens with two attached hydrogens (primary N) is 1. The maximum absolute atomic E-state index is 13.0. The van der Waals surface area contributed by atoms with E-state index in [0.717, 1.165) is 54.6 Å². The van der Waals surface area contributed by atoms with Gasteiger partial charge >= 0.3 is 0 Å². The fraction of sp³-hybridized carbons (Fsp3) is 0.630. The Morgan fingerprint density at radius 2 is 1.94 bits per heavy atom. The molecule has 6 aliphatic rings. The van der Waals surface area contributed by atoms with Gasteiger partial charge in [-0.1, -0.05) is 12.1 Å². The van der Waals surface area contributed by atoms with Gasteiger partial charge in [-0.05, 0) is 86.3 Å². The lowest BCUT2D eigenvalue weighted by Gasteiger charge is -2.91. The first kappa shape index (κ1) is 21.5. The minimum absolute atomic E-state index is 0.00803. The predicted molar refractivity (Wildman–Crippen MR) is 126 cm³/mol. The van der Waals surface area contributed by atoms with Crippen LogP contribution >= 0.6 is 0 Å². The minimum Gasteiger partial charge on any atom is -0.349 e. The van der Waals surface area contributed by atoms with Crippen LogP contribution in [-0.4, -0.2) is 46.2 Å². The third-order valence-corrected chi connectivity index (χ3v) is 10.5. The second-order valence-corrected chi connectivity index (χ2v) is 11.8. The van der Waals surface area contributed by atoms with E-state index >= 15 is 0 Å². The van der Waals surface area contributed by atoms with E-state index in [-0.39, 0.29) is 29.7 Å². The fourth-order valence-electron chi connectivity index (χ4n) is 9.00. The number of carbonyl (C=O) groups excluding carboxylic acids is 4. The van der Waals surface area contributed by atoms with Crippen molar-refractivity contribution in [2.24, 2.45) is 28.9 Å². The first-order chi connectivity index (χ1) is 16.8. The monoisotopic (exact) mass is 476 g/mol. The lowest BCUT2D eigenvalue weighted by molar-refractivity contribution is -0.394. The van der Waals surface area contributed by atoms with E-state index in [1.54, 1.807) is 11.0 Å². The van der Waals surface area contributed by atoms with E-state index in [1.165, 1.54) is 12.8 Å². The van der Waals surface area contributed by atoms with Crippen LogP contribution in [0.25, 0.3) is 0 Å². The Kier molecular flexibility index (Phi) is 4.40. The van der Waals surface area contributed by atoms with Crippen LogP contribution in [0.2, 0.25) is 0 Å². The standard InChI is InChI=1S/C27H32N4O4/c28-20(23(33)30-26-11-16-9-15-10-17(12-26)27(15,16)26)6-2-4-14-3-1-5-18-19(14)13-31(25(18)35)21-7-8-22(32)29-24(21)34/h1,3,5,15-17,20-21H,2,4,6-13,28H2,(H,30,33)(H,29,32,34)/t15?,16?,17?,20-,21?,26?,27?/m0/s1. The quantitative estimate of drug-likeness (QED) is 0.514. The topological polar surface area (TPSA) is 122 Å².